The minimum Gasteiger partial charge on any atom is -0.507 e. The molecule has 4 rings (SSSR count). The lowest BCUT2D eigenvalue weighted by Gasteiger charge is -2.25. The van der Waals surface area contributed by atoms with Crippen LogP contribution in [0.15, 0.2) is 84.4 Å². The smallest absolute Gasteiger partial charge is 0.338 e. The number of hydrogen-bond acceptors (Lipinski definition) is 6. The number of amides is 1. The first kappa shape index (κ1) is 24.7. The molecule has 184 valence electrons. The molecule has 3 aromatic rings. The number of aliphatic hydroxyl groups is 1. The topological polar surface area (TPSA) is 93.1 Å². The molecule has 7 nitrogen and oxygen atoms in total. The Morgan fingerprint density at radius 2 is 1.64 bits per heavy atom. The van der Waals surface area contributed by atoms with E-state index in [1.807, 2.05) is 19.9 Å². The van der Waals surface area contributed by atoms with Crippen molar-refractivity contribution in [1.29, 1.82) is 0 Å². The summed E-state index contributed by atoms with van der Waals surface area (Å²) in [7, 11) is 0. The van der Waals surface area contributed by atoms with Crippen LogP contribution in [0.3, 0.4) is 0 Å². The van der Waals surface area contributed by atoms with E-state index in [1.54, 1.807) is 66.7 Å². The number of ketones is 1. The largest absolute Gasteiger partial charge is 0.507 e. The Labute approximate surface area is 209 Å². The third-order valence-electron chi connectivity index (χ3n) is 5.78. The number of aliphatic hydroxyl groups excluding tert-OH is 1. The summed E-state index contributed by atoms with van der Waals surface area (Å²) < 4.78 is 10.8. The van der Waals surface area contributed by atoms with Crippen molar-refractivity contribution in [3.8, 4) is 5.75 Å². The number of benzene rings is 3. The van der Waals surface area contributed by atoms with E-state index in [-0.39, 0.29) is 23.5 Å². The van der Waals surface area contributed by atoms with Crippen LogP contribution in [0, 0.1) is 0 Å². The third kappa shape index (κ3) is 4.86. The van der Waals surface area contributed by atoms with Gasteiger partial charge in [0, 0.05) is 11.3 Å². The second-order valence-corrected chi connectivity index (χ2v) is 8.23. The van der Waals surface area contributed by atoms with Crippen LogP contribution in [0.4, 0.5) is 5.69 Å². The van der Waals surface area contributed by atoms with Gasteiger partial charge in [0.1, 0.15) is 11.5 Å². The summed E-state index contributed by atoms with van der Waals surface area (Å²) in [6.07, 6.45) is 0.679. The van der Waals surface area contributed by atoms with Gasteiger partial charge in [-0.1, -0.05) is 55.5 Å². The minimum atomic E-state index is -0.899. The van der Waals surface area contributed by atoms with Crippen molar-refractivity contribution in [1.82, 2.24) is 0 Å². The van der Waals surface area contributed by atoms with Crippen LogP contribution in [0.1, 0.15) is 47.8 Å². The molecular formula is C29H27NO6. The van der Waals surface area contributed by atoms with Gasteiger partial charge in [0.05, 0.1) is 30.4 Å². The van der Waals surface area contributed by atoms with Crippen molar-refractivity contribution < 1.29 is 29.0 Å². The number of ether oxygens (including phenoxy) is 2. The van der Waals surface area contributed by atoms with Crippen molar-refractivity contribution >= 4 is 29.1 Å². The van der Waals surface area contributed by atoms with Gasteiger partial charge in [-0.15, -0.1) is 0 Å². The Morgan fingerprint density at radius 1 is 0.917 bits per heavy atom. The number of carbonyl (C=O) groups is 3. The molecule has 1 atom stereocenters. The summed E-state index contributed by atoms with van der Waals surface area (Å²) in [6, 6.07) is 21.2. The van der Waals surface area contributed by atoms with Gasteiger partial charge in [0.25, 0.3) is 11.7 Å². The monoisotopic (exact) mass is 485 g/mol. The van der Waals surface area contributed by atoms with Crippen molar-refractivity contribution in [2.75, 3.05) is 18.1 Å². The Morgan fingerprint density at radius 3 is 2.36 bits per heavy atom. The van der Waals surface area contributed by atoms with Gasteiger partial charge >= 0.3 is 5.97 Å². The van der Waals surface area contributed by atoms with Gasteiger partial charge < -0.3 is 14.6 Å². The van der Waals surface area contributed by atoms with E-state index in [4.69, 9.17) is 9.47 Å². The van der Waals surface area contributed by atoms with Crippen LogP contribution in [0.2, 0.25) is 0 Å². The predicted octanol–water partition coefficient (Wildman–Crippen LogP) is 5.28. The highest BCUT2D eigenvalue weighted by atomic mass is 16.5. The Bertz CT molecular complexity index is 1310. The summed E-state index contributed by atoms with van der Waals surface area (Å²) in [4.78, 5) is 40.4. The molecule has 0 bridgehead atoms. The molecule has 7 heteroatoms. The molecule has 1 aliphatic rings. The fourth-order valence-corrected chi connectivity index (χ4v) is 4.17. The highest BCUT2D eigenvalue weighted by Crippen LogP contribution is 2.42. The van der Waals surface area contributed by atoms with E-state index in [2.05, 4.69) is 0 Å². The number of nitrogens with zero attached hydrogens (tertiary/aromatic N) is 1. The molecule has 0 spiro atoms. The second kappa shape index (κ2) is 10.9. The molecular weight excluding hydrogens is 458 g/mol. The number of esters is 1. The first-order valence-corrected chi connectivity index (χ1v) is 11.8. The highest BCUT2D eigenvalue weighted by Gasteiger charge is 2.47. The number of carbonyl (C=O) groups excluding carboxylic acids is 3. The van der Waals surface area contributed by atoms with E-state index < -0.39 is 23.7 Å². The first-order valence-electron chi connectivity index (χ1n) is 11.8. The molecule has 0 radical (unpaired) electrons. The molecule has 1 aliphatic heterocycles. The molecule has 1 heterocycles. The first-order chi connectivity index (χ1) is 17.5. The van der Waals surface area contributed by atoms with Gasteiger partial charge in [0.2, 0.25) is 0 Å². The summed E-state index contributed by atoms with van der Waals surface area (Å²) >= 11 is 0. The number of anilines is 1. The molecule has 0 aliphatic carbocycles. The van der Waals surface area contributed by atoms with Crippen molar-refractivity contribution in [2.24, 2.45) is 0 Å². The molecule has 1 amide bonds. The Balaban J connectivity index is 1.85. The standard InChI is InChI=1S/C29H27NO6/c1-3-16-36-29(34)21-13-8-14-22(17-21)30-25(19-10-6-5-7-11-19)24(27(32)28(30)33)26(31)20-12-9-15-23(18-20)35-4-2/h5-15,17-18,25,31H,3-4,16H2,1-2H3/b26-24+. The zero-order valence-corrected chi connectivity index (χ0v) is 20.1. The molecule has 0 saturated carbocycles. The summed E-state index contributed by atoms with van der Waals surface area (Å²) in [5.41, 5.74) is 1.56. The lowest BCUT2D eigenvalue weighted by atomic mass is 9.95. The van der Waals surface area contributed by atoms with Gasteiger partial charge in [-0.05, 0) is 49.2 Å². The van der Waals surface area contributed by atoms with Crippen LogP contribution < -0.4 is 9.64 Å². The van der Waals surface area contributed by atoms with Gasteiger partial charge in [-0.25, -0.2) is 4.79 Å². The number of Topliss-reactive ketones (excluding diaryl/α,β-unsaturated/α-hetero) is 1. The summed E-state index contributed by atoms with van der Waals surface area (Å²) in [6.45, 7) is 4.46. The lowest BCUT2D eigenvalue weighted by molar-refractivity contribution is -0.132. The van der Waals surface area contributed by atoms with Gasteiger partial charge in [-0.2, -0.15) is 0 Å². The number of hydrogen-bond donors (Lipinski definition) is 1. The zero-order chi connectivity index (χ0) is 25.7. The average molecular weight is 486 g/mol. The summed E-state index contributed by atoms with van der Waals surface area (Å²) in [5, 5.41) is 11.3. The second-order valence-electron chi connectivity index (χ2n) is 8.23. The normalized spacial score (nSPS) is 16.7. The van der Waals surface area contributed by atoms with E-state index in [1.165, 1.54) is 11.0 Å². The van der Waals surface area contributed by atoms with Gasteiger partial charge in [-0.3, -0.25) is 14.5 Å². The molecule has 1 unspecified atom stereocenters. The molecule has 1 fully saturated rings. The lowest BCUT2D eigenvalue weighted by Crippen LogP contribution is -2.29. The third-order valence-corrected chi connectivity index (χ3v) is 5.78. The van der Waals surface area contributed by atoms with Crippen LogP contribution in [0.5, 0.6) is 5.75 Å². The van der Waals surface area contributed by atoms with Crippen molar-refractivity contribution in [2.45, 2.75) is 26.3 Å². The maximum Gasteiger partial charge on any atom is 0.338 e. The van der Waals surface area contributed by atoms with Crippen LogP contribution >= 0.6 is 0 Å². The van der Waals surface area contributed by atoms with Crippen LogP contribution in [-0.2, 0) is 14.3 Å². The molecule has 3 aromatic carbocycles. The predicted molar refractivity (Wildman–Crippen MR) is 136 cm³/mol. The maximum atomic E-state index is 13.3. The Kier molecular flexibility index (Phi) is 7.49. The van der Waals surface area contributed by atoms with Crippen LogP contribution in [-0.4, -0.2) is 36.0 Å². The SMILES string of the molecule is CCCOC(=O)c1cccc(N2C(=O)C(=O)/C(=C(/O)c3cccc(OCC)c3)C2c2ccccc2)c1. The van der Waals surface area contributed by atoms with Crippen molar-refractivity contribution in [3.63, 3.8) is 0 Å². The fourth-order valence-electron chi connectivity index (χ4n) is 4.17. The van der Waals surface area contributed by atoms with Crippen molar-refractivity contribution in [3.05, 3.63) is 101 Å². The molecule has 36 heavy (non-hydrogen) atoms. The number of rotatable bonds is 8. The van der Waals surface area contributed by atoms with E-state index in [0.717, 1.165) is 0 Å². The molecule has 1 N–H and O–H groups in total. The Hall–Kier alpha value is -4.39. The minimum absolute atomic E-state index is 0.0428. The van der Waals surface area contributed by atoms with E-state index in [0.29, 0.717) is 35.6 Å². The van der Waals surface area contributed by atoms with E-state index >= 15 is 0 Å². The summed E-state index contributed by atoms with van der Waals surface area (Å²) in [5.74, 6) is -1.90. The molecule has 0 aromatic heterocycles. The average Bonchev–Trinajstić information content (AvgIpc) is 3.18. The highest BCUT2D eigenvalue weighted by molar-refractivity contribution is 6.51. The van der Waals surface area contributed by atoms with E-state index in [9.17, 15) is 19.5 Å². The quantitative estimate of drug-likeness (QED) is 0.202. The fraction of sp³-hybridized carbons (Fsp3) is 0.207. The zero-order valence-electron chi connectivity index (χ0n) is 20.1. The van der Waals surface area contributed by atoms with Gasteiger partial charge in [0.15, 0.2) is 0 Å². The van der Waals surface area contributed by atoms with Crippen LogP contribution in [0.25, 0.3) is 5.76 Å². The molecule has 1 saturated heterocycles. The maximum absolute atomic E-state index is 13.3.